The number of hydrogen-bond acceptors (Lipinski definition) is 1. The third kappa shape index (κ3) is 5.71. The van der Waals surface area contributed by atoms with Gasteiger partial charge in [-0.1, -0.05) is 18.2 Å². The Morgan fingerprint density at radius 3 is 1.77 bits per heavy atom. The lowest BCUT2D eigenvalue weighted by Gasteiger charge is -2.11. The number of halogens is 5. The molecule has 22 heavy (non-hydrogen) atoms. The summed E-state index contributed by atoms with van der Waals surface area (Å²) >= 11 is 17.8. The van der Waals surface area contributed by atoms with Crippen LogP contribution in [0.4, 0.5) is 0 Å². The summed E-state index contributed by atoms with van der Waals surface area (Å²) in [5.74, 6) is 0. The van der Waals surface area contributed by atoms with Gasteiger partial charge in [0.15, 0.2) is 0 Å². The summed E-state index contributed by atoms with van der Waals surface area (Å²) in [4.78, 5) is 0. The summed E-state index contributed by atoms with van der Waals surface area (Å²) in [6.07, 6.45) is 0. The molecule has 0 radical (unpaired) electrons. The number of ether oxygens (including phenoxy) is 1. The van der Waals surface area contributed by atoms with Crippen LogP contribution in [0.5, 0.6) is 0 Å². The van der Waals surface area contributed by atoms with E-state index in [1.807, 2.05) is 32.0 Å². The minimum atomic E-state index is 0.844. The van der Waals surface area contributed by atoms with Crippen molar-refractivity contribution in [1.29, 1.82) is 0 Å². The lowest BCUT2D eigenvalue weighted by Crippen LogP contribution is -1.85. The second-order valence-electron chi connectivity index (χ2n) is 4.11. The van der Waals surface area contributed by atoms with E-state index in [4.69, 9.17) is 4.74 Å². The van der Waals surface area contributed by atoms with Crippen molar-refractivity contribution < 1.29 is 4.74 Å². The minimum absolute atomic E-state index is 0.844. The zero-order chi connectivity index (χ0) is 16.7. The number of benzene rings is 2. The van der Waals surface area contributed by atoms with Gasteiger partial charge in [0, 0.05) is 35.6 Å². The summed E-state index contributed by atoms with van der Waals surface area (Å²) < 4.78 is 10.0. The van der Waals surface area contributed by atoms with Crippen LogP contribution in [0.15, 0.2) is 52.7 Å². The first-order chi connectivity index (χ1) is 10.4. The van der Waals surface area contributed by atoms with Crippen LogP contribution in [-0.2, 0) is 4.74 Å². The predicted molar refractivity (Wildman–Crippen MR) is 113 cm³/mol. The van der Waals surface area contributed by atoms with Crippen molar-refractivity contribution in [2.24, 2.45) is 0 Å². The standard InChI is InChI=1S/C12H5Br5.C4H10O/c13-8-3-1-2-6(10(8)15)7-4-5-9(14)12(17)11(7)16;1-3-5-4-2/h1-5H;3-4H2,1-2H3. The van der Waals surface area contributed by atoms with E-state index in [2.05, 4.69) is 91.8 Å². The van der Waals surface area contributed by atoms with Crippen molar-refractivity contribution in [3.05, 3.63) is 52.7 Å². The molecule has 0 amide bonds. The molecule has 0 saturated carbocycles. The van der Waals surface area contributed by atoms with Gasteiger partial charge in [0.1, 0.15) is 0 Å². The van der Waals surface area contributed by atoms with E-state index in [0.29, 0.717) is 0 Å². The van der Waals surface area contributed by atoms with Crippen LogP contribution >= 0.6 is 79.6 Å². The number of hydrogen-bond donors (Lipinski definition) is 0. The molecule has 0 aliphatic heterocycles. The van der Waals surface area contributed by atoms with Crippen molar-refractivity contribution in [2.45, 2.75) is 13.8 Å². The summed E-state index contributed by atoms with van der Waals surface area (Å²) in [6.45, 7) is 5.67. The zero-order valence-corrected chi connectivity index (χ0v) is 20.0. The average Bonchev–Trinajstić information content (AvgIpc) is 2.50. The Morgan fingerprint density at radius 2 is 1.23 bits per heavy atom. The highest BCUT2D eigenvalue weighted by Gasteiger charge is 2.12. The summed E-state index contributed by atoms with van der Waals surface area (Å²) in [6, 6.07) is 10.2. The second kappa shape index (κ2) is 10.6. The molecule has 2 aromatic carbocycles. The Bertz CT molecular complexity index is 626. The van der Waals surface area contributed by atoms with E-state index < -0.39 is 0 Å². The fourth-order valence-electron chi connectivity index (χ4n) is 1.65. The predicted octanol–water partition coefficient (Wildman–Crippen LogP) is 8.21. The van der Waals surface area contributed by atoms with Crippen LogP contribution in [0.2, 0.25) is 0 Å². The van der Waals surface area contributed by atoms with Crippen molar-refractivity contribution in [2.75, 3.05) is 13.2 Å². The van der Waals surface area contributed by atoms with Gasteiger partial charge in [-0.3, -0.25) is 0 Å². The van der Waals surface area contributed by atoms with Crippen molar-refractivity contribution in [3.8, 4) is 11.1 Å². The summed E-state index contributed by atoms with van der Waals surface area (Å²) in [7, 11) is 0. The average molecular weight is 623 g/mol. The van der Waals surface area contributed by atoms with Gasteiger partial charge in [-0.15, -0.1) is 0 Å². The van der Waals surface area contributed by atoms with E-state index in [0.717, 1.165) is 46.7 Å². The van der Waals surface area contributed by atoms with Gasteiger partial charge in [0.05, 0.1) is 0 Å². The van der Waals surface area contributed by atoms with E-state index in [1.165, 1.54) is 0 Å². The molecule has 0 aliphatic rings. The highest BCUT2D eigenvalue weighted by Crippen LogP contribution is 2.42. The van der Waals surface area contributed by atoms with Gasteiger partial charge >= 0.3 is 0 Å². The van der Waals surface area contributed by atoms with Gasteiger partial charge in [-0.25, -0.2) is 0 Å². The molecule has 0 aliphatic carbocycles. The molecular formula is C16H15Br5O. The molecule has 0 spiro atoms. The minimum Gasteiger partial charge on any atom is -0.382 e. The van der Waals surface area contributed by atoms with Crippen LogP contribution in [-0.4, -0.2) is 13.2 Å². The largest absolute Gasteiger partial charge is 0.382 e. The Kier molecular flexibility index (Phi) is 10.1. The first-order valence-corrected chi connectivity index (χ1v) is 10.6. The molecular weight excluding hydrogens is 608 g/mol. The lowest BCUT2D eigenvalue weighted by molar-refractivity contribution is 0.162. The van der Waals surface area contributed by atoms with Crippen LogP contribution < -0.4 is 0 Å². The Morgan fingerprint density at radius 1 is 0.682 bits per heavy atom. The summed E-state index contributed by atoms with van der Waals surface area (Å²) in [5.41, 5.74) is 2.27. The molecule has 0 unspecified atom stereocenters. The van der Waals surface area contributed by atoms with E-state index in [1.54, 1.807) is 0 Å². The van der Waals surface area contributed by atoms with Crippen molar-refractivity contribution in [1.82, 2.24) is 0 Å². The Hall–Kier alpha value is 0.800. The van der Waals surface area contributed by atoms with Crippen LogP contribution in [0, 0.1) is 0 Å². The smallest absolute Gasteiger partial charge is 0.0465 e. The first-order valence-electron chi connectivity index (χ1n) is 6.59. The first kappa shape index (κ1) is 20.8. The van der Waals surface area contributed by atoms with Gasteiger partial charge in [-0.2, -0.15) is 0 Å². The fraction of sp³-hybridized carbons (Fsp3) is 0.250. The molecule has 0 aromatic heterocycles. The lowest BCUT2D eigenvalue weighted by atomic mass is 10.1. The van der Waals surface area contributed by atoms with E-state index in [9.17, 15) is 0 Å². The van der Waals surface area contributed by atoms with Crippen molar-refractivity contribution >= 4 is 79.6 Å². The maximum atomic E-state index is 4.83. The maximum absolute atomic E-state index is 4.83. The number of rotatable bonds is 3. The third-order valence-corrected chi connectivity index (χ3v) is 8.10. The Labute approximate surface area is 173 Å². The van der Waals surface area contributed by atoms with Crippen LogP contribution in [0.25, 0.3) is 11.1 Å². The fourth-order valence-corrected chi connectivity index (χ4v) is 4.00. The van der Waals surface area contributed by atoms with E-state index >= 15 is 0 Å². The van der Waals surface area contributed by atoms with Gasteiger partial charge in [0.2, 0.25) is 0 Å². The molecule has 2 aromatic rings. The molecule has 0 atom stereocenters. The van der Waals surface area contributed by atoms with Gasteiger partial charge in [-0.05, 0) is 117 Å². The molecule has 1 nitrogen and oxygen atoms in total. The summed E-state index contributed by atoms with van der Waals surface area (Å²) in [5, 5.41) is 0. The zero-order valence-electron chi connectivity index (χ0n) is 12.1. The van der Waals surface area contributed by atoms with Crippen molar-refractivity contribution in [3.63, 3.8) is 0 Å². The monoisotopic (exact) mass is 618 g/mol. The molecule has 6 heteroatoms. The molecule has 2 rings (SSSR count). The van der Waals surface area contributed by atoms with E-state index in [-0.39, 0.29) is 0 Å². The normalized spacial score (nSPS) is 10.1. The highest BCUT2D eigenvalue weighted by atomic mass is 79.9. The topological polar surface area (TPSA) is 9.23 Å². The quantitative estimate of drug-likeness (QED) is 0.314. The third-order valence-electron chi connectivity index (χ3n) is 2.69. The molecule has 120 valence electrons. The van der Waals surface area contributed by atoms with Gasteiger partial charge < -0.3 is 4.74 Å². The molecule has 0 fully saturated rings. The maximum Gasteiger partial charge on any atom is 0.0465 e. The van der Waals surface area contributed by atoms with Gasteiger partial charge in [0.25, 0.3) is 0 Å². The van der Waals surface area contributed by atoms with Crippen LogP contribution in [0.3, 0.4) is 0 Å². The SMILES string of the molecule is Brc1cccc(-c2ccc(Br)c(Br)c2Br)c1Br.CCOCC. The molecule has 0 heterocycles. The highest BCUT2D eigenvalue weighted by molar-refractivity contribution is 9.14. The van der Waals surface area contributed by atoms with Crippen LogP contribution in [0.1, 0.15) is 13.8 Å². The Balaban J connectivity index is 0.000000422. The molecule has 0 saturated heterocycles. The second-order valence-corrected chi connectivity index (χ2v) is 8.19. The molecule has 0 bridgehead atoms. The molecule has 0 N–H and O–H groups in total.